The van der Waals surface area contributed by atoms with E-state index in [0.717, 1.165) is 23.7 Å². The fraction of sp³-hybridized carbons (Fsp3) is 0.312. The lowest BCUT2D eigenvalue weighted by atomic mass is 10.0. The largest absolute Gasteiger partial charge is 0.271 e. The van der Waals surface area contributed by atoms with Crippen LogP contribution in [-0.4, -0.2) is 11.0 Å². The van der Waals surface area contributed by atoms with Gasteiger partial charge in [-0.25, -0.2) is 8.78 Å². The molecule has 2 rings (SSSR count). The van der Waals surface area contributed by atoms with Crippen LogP contribution in [0.15, 0.2) is 36.5 Å². The maximum atomic E-state index is 13.7. The first-order chi connectivity index (χ1) is 10.1. The van der Waals surface area contributed by atoms with Crippen molar-refractivity contribution in [2.75, 3.05) is 0 Å². The van der Waals surface area contributed by atoms with E-state index < -0.39 is 11.6 Å². The molecule has 3 nitrogen and oxygen atoms in total. The summed E-state index contributed by atoms with van der Waals surface area (Å²) >= 11 is 0. The SMILES string of the molecule is CCc1ccc(CC(Cc2cccc(F)c2F)NN)nc1. The molecule has 1 aromatic carbocycles. The minimum atomic E-state index is -0.839. The van der Waals surface area contributed by atoms with Gasteiger partial charge in [0.2, 0.25) is 0 Å². The van der Waals surface area contributed by atoms with Crippen molar-refractivity contribution >= 4 is 0 Å². The predicted molar refractivity (Wildman–Crippen MR) is 78.5 cm³/mol. The molecule has 0 aliphatic carbocycles. The second kappa shape index (κ2) is 7.24. The van der Waals surface area contributed by atoms with E-state index in [1.54, 1.807) is 6.07 Å². The fourth-order valence-corrected chi connectivity index (χ4v) is 2.20. The minimum Gasteiger partial charge on any atom is -0.271 e. The number of rotatable bonds is 6. The van der Waals surface area contributed by atoms with E-state index in [2.05, 4.69) is 17.3 Å². The molecule has 1 atom stereocenters. The number of hydrogen-bond donors (Lipinski definition) is 2. The lowest BCUT2D eigenvalue weighted by Crippen LogP contribution is -2.38. The molecule has 1 unspecified atom stereocenters. The maximum absolute atomic E-state index is 13.7. The van der Waals surface area contributed by atoms with Crippen molar-refractivity contribution in [3.8, 4) is 0 Å². The van der Waals surface area contributed by atoms with Gasteiger partial charge in [-0.15, -0.1) is 0 Å². The van der Waals surface area contributed by atoms with Gasteiger partial charge in [0.1, 0.15) is 0 Å². The van der Waals surface area contributed by atoms with E-state index in [4.69, 9.17) is 5.84 Å². The van der Waals surface area contributed by atoms with Crippen molar-refractivity contribution < 1.29 is 8.78 Å². The molecule has 0 aliphatic heterocycles. The highest BCUT2D eigenvalue weighted by Crippen LogP contribution is 2.14. The third-order valence-electron chi connectivity index (χ3n) is 3.48. The number of halogens is 2. The van der Waals surface area contributed by atoms with E-state index in [1.807, 2.05) is 18.3 Å². The molecule has 0 fully saturated rings. The van der Waals surface area contributed by atoms with Crippen LogP contribution >= 0.6 is 0 Å². The first-order valence-corrected chi connectivity index (χ1v) is 6.96. The maximum Gasteiger partial charge on any atom is 0.162 e. The van der Waals surface area contributed by atoms with Crippen molar-refractivity contribution in [3.63, 3.8) is 0 Å². The lowest BCUT2D eigenvalue weighted by molar-refractivity contribution is 0.472. The standard InChI is InChI=1S/C16H19F2N3/c1-2-11-6-7-13(20-10-11)9-14(21-19)8-12-4-3-5-15(17)16(12)18/h3-7,10,14,21H,2,8-9,19H2,1H3. The third kappa shape index (κ3) is 4.06. The van der Waals surface area contributed by atoms with E-state index in [9.17, 15) is 8.78 Å². The van der Waals surface area contributed by atoms with E-state index in [0.29, 0.717) is 18.4 Å². The number of hydrogen-bond acceptors (Lipinski definition) is 3. The average molecular weight is 291 g/mol. The molecule has 1 heterocycles. The smallest absolute Gasteiger partial charge is 0.162 e. The Labute approximate surface area is 123 Å². The summed E-state index contributed by atoms with van der Waals surface area (Å²) in [6, 6.07) is 7.91. The molecule has 0 spiro atoms. The number of aromatic nitrogens is 1. The van der Waals surface area contributed by atoms with Crippen molar-refractivity contribution in [2.45, 2.75) is 32.2 Å². The van der Waals surface area contributed by atoms with Gasteiger partial charge in [0, 0.05) is 24.4 Å². The summed E-state index contributed by atoms with van der Waals surface area (Å²) in [7, 11) is 0. The number of benzene rings is 1. The van der Waals surface area contributed by atoms with Crippen LogP contribution in [0.4, 0.5) is 8.78 Å². The molecule has 0 amide bonds. The van der Waals surface area contributed by atoms with Crippen LogP contribution in [0.25, 0.3) is 0 Å². The number of aryl methyl sites for hydroxylation is 1. The normalized spacial score (nSPS) is 12.4. The summed E-state index contributed by atoms with van der Waals surface area (Å²) in [5.74, 6) is 3.87. The zero-order valence-corrected chi connectivity index (χ0v) is 11.9. The Bertz CT molecular complexity index is 585. The van der Waals surface area contributed by atoms with Crippen molar-refractivity contribution in [1.82, 2.24) is 10.4 Å². The number of nitrogens with zero attached hydrogens (tertiary/aromatic N) is 1. The van der Waals surface area contributed by atoms with Crippen LogP contribution in [0, 0.1) is 11.6 Å². The Morgan fingerprint density at radius 2 is 2.00 bits per heavy atom. The van der Waals surface area contributed by atoms with Crippen LogP contribution in [0.3, 0.4) is 0 Å². The first-order valence-electron chi connectivity index (χ1n) is 6.96. The van der Waals surface area contributed by atoms with Crippen molar-refractivity contribution in [3.05, 3.63) is 65.0 Å². The quantitative estimate of drug-likeness (QED) is 0.635. The van der Waals surface area contributed by atoms with Crippen LogP contribution < -0.4 is 11.3 Å². The molecule has 2 aromatic rings. The Kier molecular flexibility index (Phi) is 5.36. The summed E-state index contributed by atoms with van der Waals surface area (Å²) in [5.41, 5.74) is 4.98. The van der Waals surface area contributed by atoms with Gasteiger partial charge in [-0.05, 0) is 36.1 Å². The van der Waals surface area contributed by atoms with Crippen molar-refractivity contribution in [2.24, 2.45) is 5.84 Å². The first kappa shape index (κ1) is 15.5. The number of nitrogens with one attached hydrogen (secondary N) is 1. The lowest BCUT2D eigenvalue weighted by Gasteiger charge is -2.16. The Morgan fingerprint density at radius 1 is 1.19 bits per heavy atom. The van der Waals surface area contributed by atoms with E-state index in [-0.39, 0.29) is 6.04 Å². The molecule has 21 heavy (non-hydrogen) atoms. The van der Waals surface area contributed by atoms with Crippen LogP contribution in [-0.2, 0) is 19.3 Å². The Morgan fingerprint density at radius 3 is 2.62 bits per heavy atom. The molecule has 5 heteroatoms. The fourth-order valence-electron chi connectivity index (χ4n) is 2.20. The van der Waals surface area contributed by atoms with Gasteiger partial charge >= 0.3 is 0 Å². The Balaban J connectivity index is 2.07. The van der Waals surface area contributed by atoms with Gasteiger partial charge in [0.15, 0.2) is 11.6 Å². The van der Waals surface area contributed by atoms with Gasteiger partial charge < -0.3 is 0 Å². The Hall–Kier alpha value is -1.85. The number of hydrazine groups is 1. The highest BCUT2D eigenvalue weighted by Gasteiger charge is 2.14. The zero-order chi connectivity index (χ0) is 15.2. The number of pyridine rings is 1. The highest BCUT2D eigenvalue weighted by atomic mass is 19.2. The molecule has 0 radical (unpaired) electrons. The van der Waals surface area contributed by atoms with Gasteiger partial charge in [-0.2, -0.15) is 0 Å². The van der Waals surface area contributed by atoms with Gasteiger partial charge in [0.25, 0.3) is 0 Å². The third-order valence-corrected chi connectivity index (χ3v) is 3.48. The van der Waals surface area contributed by atoms with Crippen molar-refractivity contribution in [1.29, 1.82) is 0 Å². The van der Waals surface area contributed by atoms with Gasteiger partial charge in [-0.1, -0.05) is 25.1 Å². The average Bonchev–Trinajstić information content (AvgIpc) is 2.51. The molecule has 0 saturated carbocycles. The van der Waals surface area contributed by atoms with Crippen LogP contribution in [0.1, 0.15) is 23.7 Å². The molecule has 1 aromatic heterocycles. The molecule has 0 saturated heterocycles. The molecular weight excluding hydrogens is 272 g/mol. The molecule has 112 valence electrons. The van der Waals surface area contributed by atoms with E-state index >= 15 is 0 Å². The summed E-state index contributed by atoms with van der Waals surface area (Å²) in [6.07, 6.45) is 3.61. The topological polar surface area (TPSA) is 50.9 Å². The second-order valence-electron chi connectivity index (χ2n) is 5.00. The van der Waals surface area contributed by atoms with E-state index in [1.165, 1.54) is 6.07 Å². The minimum absolute atomic E-state index is 0.207. The molecule has 3 N–H and O–H groups in total. The molecule has 0 aliphatic rings. The predicted octanol–water partition coefficient (Wildman–Crippen LogP) is 2.54. The summed E-state index contributed by atoms with van der Waals surface area (Å²) in [4.78, 5) is 4.36. The van der Waals surface area contributed by atoms with Gasteiger partial charge in [0.05, 0.1) is 0 Å². The summed E-state index contributed by atoms with van der Waals surface area (Å²) in [6.45, 7) is 2.06. The highest BCUT2D eigenvalue weighted by molar-refractivity contribution is 5.21. The molecular formula is C16H19F2N3. The second-order valence-corrected chi connectivity index (χ2v) is 5.00. The summed E-state index contributed by atoms with van der Waals surface area (Å²) < 4.78 is 26.9. The van der Waals surface area contributed by atoms with Crippen LogP contribution in [0.5, 0.6) is 0 Å². The van der Waals surface area contributed by atoms with Crippen LogP contribution in [0.2, 0.25) is 0 Å². The monoisotopic (exact) mass is 291 g/mol. The summed E-state index contributed by atoms with van der Waals surface area (Å²) in [5, 5.41) is 0. The number of nitrogens with two attached hydrogens (primary N) is 1. The zero-order valence-electron chi connectivity index (χ0n) is 11.9. The van der Waals surface area contributed by atoms with Gasteiger partial charge in [-0.3, -0.25) is 16.3 Å². The molecule has 0 bridgehead atoms.